The Morgan fingerprint density at radius 3 is 2.83 bits per heavy atom. The van der Waals surface area contributed by atoms with E-state index >= 15 is 0 Å². The van der Waals surface area contributed by atoms with Crippen molar-refractivity contribution in [3.05, 3.63) is 29.8 Å². The maximum absolute atomic E-state index is 9.20. The van der Waals surface area contributed by atoms with Crippen LogP contribution in [0.2, 0.25) is 0 Å². The zero-order valence-electron chi connectivity index (χ0n) is 7.13. The Morgan fingerprint density at radius 2 is 2.25 bits per heavy atom. The van der Waals surface area contributed by atoms with Crippen LogP contribution in [0.25, 0.3) is 0 Å². The monoisotopic (exact) mass is 184 g/mol. The fourth-order valence-corrected chi connectivity index (χ4v) is 1.49. The van der Waals surface area contributed by atoms with E-state index in [4.69, 9.17) is 11.6 Å². The van der Waals surface area contributed by atoms with Gasteiger partial charge in [0.1, 0.15) is 5.75 Å². The molecule has 0 spiro atoms. The summed E-state index contributed by atoms with van der Waals surface area (Å²) >= 11 is 5.62. The number of halogens is 1. The van der Waals surface area contributed by atoms with E-state index in [9.17, 15) is 5.11 Å². The van der Waals surface area contributed by atoms with Crippen molar-refractivity contribution in [1.82, 2.24) is 0 Å². The standard InChI is InChI=1S/C10H13ClO/c1-8(5-6-11)9-3-2-4-10(12)7-9/h2-4,7-8,12H,5-6H2,1H3. The smallest absolute Gasteiger partial charge is 0.115 e. The van der Waals surface area contributed by atoms with Crippen LogP contribution < -0.4 is 0 Å². The zero-order chi connectivity index (χ0) is 8.97. The average Bonchev–Trinajstić information content (AvgIpc) is 2.05. The van der Waals surface area contributed by atoms with E-state index in [1.807, 2.05) is 12.1 Å². The van der Waals surface area contributed by atoms with E-state index in [2.05, 4.69) is 6.92 Å². The Bertz CT molecular complexity index is 247. The molecule has 1 aromatic rings. The lowest BCUT2D eigenvalue weighted by molar-refractivity contribution is 0.473. The van der Waals surface area contributed by atoms with Crippen LogP contribution in [0.15, 0.2) is 24.3 Å². The molecule has 0 fully saturated rings. The van der Waals surface area contributed by atoms with Gasteiger partial charge < -0.3 is 5.11 Å². The molecule has 1 aromatic carbocycles. The Labute approximate surface area is 78.0 Å². The van der Waals surface area contributed by atoms with Gasteiger partial charge in [-0.15, -0.1) is 11.6 Å². The van der Waals surface area contributed by atoms with Crippen LogP contribution in [0.3, 0.4) is 0 Å². The van der Waals surface area contributed by atoms with Crippen LogP contribution in [0, 0.1) is 0 Å². The molecule has 66 valence electrons. The van der Waals surface area contributed by atoms with Gasteiger partial charge in [0, 0.05) is 5.88 Å². The number of hydrogen-bond acceptors (Lipinski definition) is 1. The highest BCUT2D eigenvalue weighted by Crippen LogP contribution is 2.22. The molecule has 0 bridgehead atoms. The summed E-state index contributed by atoms with van der Waals surface area (Å²) in [6.07, 6.45) is 0.949. The fourth-order valence-electron chi connectivity index (χ4n) is 1.16. The summed E-state index contributed by atoms with van der Waals surface area (Å²) in [5, 5.41) is 9.20. The summed E-state index contributed by atoms with van der Waals surface area (Å²) < 4.78 is 0. The summed E-state index contributed by atoms with van der Waals surface area (Å²) in [6.45, 7) is 2.11. The summed E-state index contributed by atoms with van der Waals surface area (Å²) in [7, 11) is 0. The van der Waals surface area contributed by atoms with Gasteiger partial charge in [0.15, 0.2) is 0 Å². The van der Waals surface area contributed by atoms with Crippen molar-refractivity contribution in [3.63, 3.8) is 0 Å². The second-order valence-corrected chi connectivity index (χ2v) is 3.35. The quantitative estimate of drug-likeness (QED) is 0.716. The molecule has 1 rings (SSSR count). The Kier molecular flexibility index (Phi) is 3.42. The third-order valence-electron chi connectivity index (χ3n) is 1.98. The molecule has 1 atom stereocenters. The molecular formula is C10H13ClO. The lowest BCUT2D eigenvalue weighted by atomic mass is 9.99. The summed E-state index contributed by atoms with van der Waals surface area (Å²) in [5.74, 6) is 1.42. The number of benzene rings is 1. The molecule has 1 unspecified atom stereocenters. The topological polar surface area (TPSA) is 20.2 Å². The second kappa shape index (κ2) is 4.36. The third kappa shape index (κ3) is 2.42. The largest absolute Gasteiger partial charge is 0.508 e. The fraction of sp³-hybridized carbons (Fsp3) is 0.400. The molecule has 0 aliphatic carbocycles. The van der Waals surface area contributed by atoms with Gasteiger partial charge in [0.05, 0.1) is 0 Å². The van der Waals surface area contributed by atoms with Crippen LogP contribution in [-0.4, -0.2) is 11.0 Å². The molecular weight excluding hydrogens is 172 g/mol. The maximum atomic E-state index is 9.20. The minimum atomic E-state index is 0.328. The molecule has 0 aliphatic rings. The second-order valence-electron chi connectivity index (χ2n) is 2.97. The number of phenols is 1. The molecule has 12 heavy (non-hydrogen) atoms. The summed E-state index contributed by atoms with van der Waals surface area (Å²) in [6, 6.07) is 7.33. The van der Waals surface area contributed by atoms with Crippen LogP contribution in [0.4, 0.5) is 0 Å². The van der Waals surface area contributed by atoms with Crippen LogP contribution in [0.1, 0.15) is 24.8 Å². The highest BCUT2D eigenvalue weighted by molar-refractivity contribution is 6.17. The van der Waals surface area contributed by atoms with Gasteiger partial charge in [-0.25, -0.2) is 0 Å². The van der Waals surface area contributed by atoms with Crippen molar-refractivity contribution in [3.8, 4) is 5.75 Å². The molecule has 0 heterocycles. The first-order chi connectivity index (χ1) is 5.74. The number of rotatable bonds is 3. The Morgan fingerprint density at radius 1 is 1.50 bits per heavy atom. The molecule has 1 N–H and O–H groups in total. The highest BCUT2D eigenvalue weighted by atomic mass is 35.5. The Hall–Kier alpha value is -0.690. The van der Waals surface area contributed by atoms with Crippen molar-refractivity contribution in [2.75, 3.05) is 5.88 Å². The van der Waals surface area contributed by atoms with Gasteiger partial charge in [0.25, 0.3) is 0 Å². The predicted octanol–water partition coefficient (Wildman–Crippen LogP) is 3.12. The predicted molar refractivity (Wildman–Crippen MR) is 51.9 cm³/mol. The van der Waals surface area contributed by atoms with Crippen molar-refractivity contribution in [1.29, 1.82) is 0 Å². The SMILES string of the molecule is CC(CCCl)c1cccc(O)c1. The molecule has 0 radical (unpaired) electrons. The zero-order valence-corrected chi connectivity index (χ0v) is 7.88. The molecule has 0 saturated heterocycles. The third-order valence-corrected chi connectivity index (χ3v) is 2.20. The number of phenolic OH excluding ortho intramolecular Hbond substituents is 1. The molecule has 0 aliphatic heterocycles. The molecule has 1 nitrogen and oxygen atoms in total. The van der Waals surface area contributed by atoms with Crippen molar-refractivity contribution >= 4 is 11.6 Å². The minimum absolute atomic E-state index is 0.328. The van der Waals surface area contributed by atoms with Crippen molar-refractivity contribution in [2.45, 2.75) is 19.3 Å². The molecule has 0 amide bonds. The van der Waals surface area contributed by atoms with E-state index in [1.165, 1.54) is 0 Å². The van der Waals surface area contributed by atoms with Crippen LogP contribution >= 0.6 is 11.6 Å². The van der Waals surface area contributed by atoms with E-state index in [-0.39, 0.29) is 0 Å². The Balaban J connectivity index is 2.73. The van der Waals surface area contributed by atoms with Gasteiger partial charge in [0.2, 0.25) is 0 Å². The molecule has 2 heteroatoms. The summed E-state index contributed by atoms with van der Waals surface area (Å²) in [4.78, 5) is 0. The van der Waals surface area contributed by atoms with Crippen molar-refractivity contribution in [2.24, 2.45) is 0 Å². The summed E-state index contributed by atoms with van der Waals surface area (Å²) in [5.41, 5.74) is 1.15. The van der Waals surface area contributed by atoms with E-state index in [1.54, 1.807) is 12.1 Å². The lowest BCUT2D eigenvalue weighted by Gasteiger charge is -2.09. The van der Waals surface area contributed by atoms with Crippen LogP contribution in [0.5, 0.6) is 5.75 Å². The number of hydrogen-bond donors (Lipinski definition) is 1. The minimum Gasteiger partial charge on any atom is -0.508 e. The molecule has 0 saturated carbocycles. The number of alkyl halides is 1. The first-order valence-corrected chi connectivity index (χ1v) is 4.62. The number of aromatic hydroxyl groups is 1. The average molecular weight is 185 g/mol. The van der Waals surface area contributed by atoms with E-state index in [0.29, 0.717) is 17.5 Å². The molecule has 0 aromatic heterocycles. The van der Waals surface area contributed by atoms with Gasteiger partial charge >= 0.3 is 0 Å². The highest BCUT2D eigenvalue weighted by Gasteiger charge is 2.04. The van der Waals surface area contributed by atoms with Gasteiger partial charge in [-0.1, -0.05) is 19.1 Å². The first kappa shape index (κ1) is 9.40. The first-order valence-electron chi connectivity index (χ1n) is 4.09. The van der Waals surface area contributed by atoms with Gasteiger partial charge in [-0.2, -0.15) is 0 Å². The normalized spacial score (nSPS) is 12.8. The van der Waals surface area contributed by atoms with Crippen LogP contribution in [-0.2, 0) is 0 Å². The maximum Gasteiger partial charge on any atom is 0.115 e. The van der Waals surface area contributed by atoms with Gasteiger partial charge in [-0.05, 0) is 30.0 Å². The van der Waals surface area contributed by atoms with E-state index in [0.717, 1.165) is 12.0 Å². The lowest BCUT2D eigenvalue weighted by Crippen LogP contribution is -1.93. The van der Waals surface area contributed by atoms with Crippen molar-refractivity contribution < 1.29 is 5.11 Å². The van der Waals surface area contributed by atoms with Gasteiger partial charge in [-0.3, -0.25) is 0 Å². The van der Waals surface area contributed by atoms with E-state index < -0.39 is 0 Å².